The van der Waals surface area contributed by atoms with Crippen LogP contribution >= 0.6 is 11.6 Å². The highest BCUT2D eigenvalue weighted by Gasteiger charge is 2.16. The number of anilines is 3. The van der Waals surface area contributed by atoms with E-state index in [9.17, 15) is 9.59 Å². The SMILES string of the molecule is CN(C)C(=O)c1ccc(NC(=O)CNc2cc(Cl)ccc2N2CCCC2)cc1. The van der Waals surface area contributed by atoms with E-state index in [0.717, 1.165) is 24.5 Å². The number of nitrogens with zero attached hydrogens (tertiary/aromatic N) is 2. The van der Waals surface area contributed by atoms with Crippen LogP contribution in [0.3, 0.4) is 0 Å². The van der Waals surface area contributed by atoms with Gasteiger partial charge in [-0.3, -0.25) is 9.59 Å². The van der Waals surface area contributed by atoms with Gasteiger partial charge in [-0.25, -0.2) is 0 Å². The second kappa shape index (κ2) is 8.97. The maximum Gasteiger partial charge on any atom is 0.253 e. The van der Waals surface area contributed by atoms with Crippen LogP contribution < -0.4 is 15.5 Å². The molecule has 0 bridgehead atoms. The summed E-state index contributed by atoms with van der Waals surface area (Å²) in [5.41, 5.74) is 3.15. The number of carbonyl (C=O) groups is 2. The molecule has 0 radical (unpaired) electrons. The average molecular weight is 401 g/mol. The topological polar surface area (TPSA) is 64.7 Å². The number of benzene rings is 2. The Morgan fingerprint density at radius 2 is 1.75 bits per heavy atom. The largest absolute Gasteiger partial charge is 0.374 e. The van der Waals surface area contributed by atoms with Gasteiger partial charge in [0.15, 0.2) is 0 Å². The van der Waals surface area contributed by atoms with Crippen LogP contribution in [0.15, 0.2) is 42.5 Å². The fourth-order valence-corrected chi connectivity index (χ4v) is 3.39. The molecule has 7 heteroatoms. The molecule has 0 spiro atoms. The zero-order valence-corrected chi connectivity index (χ0v) is 16.9. The lowest BCUT2D eigenvalue weighted by Gasteiger charge is -2.22. The Labute approximate surface area is 170 Å². The second-order valence-electron chi connectivity index (χ2n) is 7.03. The van der Waals surface area contributed by atoms with Crippen LogP contribution in [0.2, 0.25) is 5.02 Å². The molecule has 0 saturated carbocycles. The molecule has 1 heterocycles. The Bertz CT molecular complexity index is 846. The molecule has 2 N–H and O–H groups in total. The normalized spacial score (nSPS) is 13.3. The van der Waals surface area contributed by atoms with E-state index >= 15 is 0 Å². The number of halogens is 1. The number of hydrogen-bond acceptors (Lipinski definition) is 4. The van der Waals surface area contributed by atoms with E-state index in [1.54, 1.807) is 38.4 Å². The minimum atomic E-state index is -0.168. The Balaban J connectivity index is 1.60. The standard InChI is InChI=1S/C21H25ClN4O2/c1-25(2)21(28)15-5-8-17(9-6-15)24-20(27)14-23-18-13-16(22)7-10-19(18)26-11-3-4-12-26/h5-10,13,23H,3-4,11-12,14H2,1-2H3,(H,24,27). The molecule has 2 amide bonds. The summed E-state index contributed by atoms with van der Waals surface area (Å²) in [6, 6.07) is 12.6. The van der Waals surface area contributed by atoms with Crippen molar-refractivity contribution >= 4 is 40.5 Å². The molecule has 1 aliphatic heterocycles. The summed E-state index contributed by atoms with van der Waals surface area (Å²) in [6.45, 7) is 2.15. The van der Waals surface area contributed by atoms with Crippen molar-refractivity contribution in [3.8, 4) is 0 Å². The quantitative estimate of drug-likeness (QED) is 0.776. The van der Waals surface area contributed by atoms with Crippen LogP contribution in [0.5, 0.6) is 0 Å². The van der Waals surface area contributed by atoms with Gasteiger partial charge in [-0.1, -0.05) is 11.6 Å². The van der Waals surface area contributed by atoms with Crippen LogP contribution in [0, 0.1) is 0 Å². The maximum atomic E-state index is 12.3. The zero-order chi connectivity index (χ0) is 20.1. The Kier molecular flexibility index (Phi) is 6.41. The smallest absolute Gasteiger partial charge is 0.253 e. The molecule has 0 atom stereocenters. The summed E-state index contributed by atoms with van der Waals surface area (Å²) in [5, 5.41) is 6.67. The summed E-state index contributed by atoms with van der Waals surface area (Å²) < 4.78 is 0. The van der Waals surface area contributed by atoms with E-state index in [2.05, 4.69) is 15.5 Å². The summed E-state index contributed by atoms with van der Waals surface area (Å²) in [7, 11) is 3.41. The minimum absolute atomic E-state index is 0.0741. The maximum absolute atomic E-state index is 12.3. The molecule has 28 heavy (non-hydrogen) atoms. The van der Waals surface area contributed by atoms with E-state index in [0.29, 0.717) is 16.3 Å². The van der Waals surface area contributed by atoms with Crippen molar-refractivity contribution in [3.05, 3.63) is 53.1 Å². The molecule has 0 aromatic heterocycles. The molecule has 6 nitrogen and oxygen atoms in total. The van der Waals surface area contributed by atoms with Gasteiger partial charge in [0, 0.05) is 43.5 Å². The van der Waals surface area contributed by atoms with Crippen LogP contribution in [0.4, 0.5) is 17.1 Å². The Morgan fingerprint density at radius 1 is 1.07 bits per heavy atom. The first kappa shape index (κ1) is 20.0. The summed E-state index contributed by atoms with van der Waals surface area (Å²) >= 11 is 6.14. The average Bonchev–Trinajstić information content (AvgIpc) is 3.21. The van der Waals surface area contributed by atoms with E-state index < -0.39 is 0 Å². The summed E-state index contributed by atoms with van der Waals surface area (Å²) in [5.74, 6) is -0.242. The van der Waals surface area contributed by atoms with Gasteiger partial charge < -0.3 is 20.4 Å². The molecule has 148 valence electrons. The third-order valence-electron chi connectivity index (χ3n) is 4.67. The van der Waals surface area contributed by atoms with Crippen LogP contribution in [0.25, 0.3) is 0 Å². The fraction of sp³-hybridized carbons (Fsp3) is 0.333. The Hall–Kier alpha value is -2.73. The van der Waals surface area contributed by atoms with Gasteiger partial charge in [0.1, 0.15) is 0 Å². The highest BCUT2D eigenvalue weighted by molar-refractivity contribution is 6.31. The number of amides is 2. The molecule has 0 aliphatic carbocycles. The molecule has 2 aromatic rings. The first-order valence-corrected chi connectivity index (χ1v) is 9.72. The monoisotopic (exact) mass is 400 g/mol. The lowest BCUT2D eigenvalue weighted by atomic mass is 10.2. The van der Waals surface area contributed by atoms with Crippen LogP contribution in [0.1, 0.15) is 23.2 Å². The molecule has 1 fully saturated rings. The van der Waals surface area contributed by atoms with Gasteiger partial charge in [0.2, 0.25) is 5.91 Å². The van der Waals surface area contributed by atoms with Crippen molar-refractivity contribution in [2.45, 2.75) is 12.8 Å². The van der Waals surface area contributed by atoms with Crippen LogP contribution in [-0.2, 0) is 4.79 Å². The van der Waals surface area contributed by atoms with Gasteiger partial charge >= 0.3 is 0 Å². The number of nitrogens with one attached hydrogen (secondary N) is 2. The van der Waals surface area contributed by atoms with Gasteiger partial charge in [0.25, 0.3) is 5.91 Å². The lowest BCUT2D eigenvalue weighted by molar-refractivity contribution is -0.114. The number of rotatable bonds is 6. The highest BCUT2D eigenvalue weighted by Crippen LogP contribution is 2.31. The molecule has 2 aromatic carbocycles. The number of hydrogen-bond donors (Lipinski definition) is 2. The van der Waals surface area contributed by atoms with E-state index in [1.807, 2.05) is 18.2 Å². The van der Waals surface area contributed by atoms with E-state index in [1.165, 1.54) is 17.7 Å². The van der Waals surface area contributed by atoms with Gasteiger partial charge in [-0.2, -0.15) is 0 Å². The molecule has 0 unspecified atom stereocenters. The number of carbonyl (C=O) groups excluding carboxylic acids is 2. The van der Waals surface area contributed by atoms with Crippen molar-refractivity contribution in [2.75, 3.05) is 49.3 Å². The summed E-state index contributed by atoms with van der Waals surface area (Å²) in [4.78, 5) is 28.1. The highest BCUT2D eigenvalue weighted by atomic mass is 35.5. The predicted octanol–water partition coefficient (Wildman–Crippen LogP) is 3.69. The van der Waals surface area contributed by atoms with Crippen LogP contribution in [-0.4, -0.2) is 50.4 Å². The molecular weight excluding hydrogens is 376 g/mol. The van der Waals surface area contributed by atoms with Crippen molar-refractivity contribution in [1.82, 2.24) is 4.90 Å². The van der Waals surface area contributed by atoms with Gasteiger partial charge in [0.05, 0.1) is 17.9 Å². The van der Waals surface area contributed by atoms with E-state index in [-0.39, 0.29) is 18.4 Å². The third kappa shape index (κ3) is 4.95. The van der Waals surface area contributed by atoms with Gasteiger partial charge in [-0.05, 0) is 55.3 Å². The zero-order valence-electron chi connectivity index (χ0n) is 16.2. The first-order valence-electron chi connectivity index (χ1n) is 9.34. The second-order valence-corrected chi connectivity index (χ2v) is 7.47. The van der Waals surface area contributed by atoms with Crippen molar-refractivity contribution in [3.63, 3.8) is 0 Å². The third-order valence-corrected chi connectivity index (χ3v) is 4.90. The Morgan fingerprint density at radius 3 is 2.39 bits per heavy atom. The van der Waals surface area contributed by atoms with E-state index in [4.69, 9.17) is 11.6 Å². The fourth-order valence-electron chi connectivity index (χ4n) is 3.22. The lowest BCUT2D eigenvalue weighted by Crippen LogP contribution is -2.24. The van der Waals surface area contributed by atoms with Crippen molar-refractivity contribution in [1.29, 1.82) is 0 Å². The minimum Gasteiger partial charge on any atom is -0.374 e. The van der Waals surface area contributed by atoms with Crippen molar-refractivity contribution < 1.29 is 9.59 Å². The van der Waals surface area contributed by atoms with Crippen molar-refractivity contribution in [2.24, 2.45) is 0 Å². The molecule has 1 saturated heterocycles. The predicted molar refractivity (Wildman–Crippen MR) is 114 cm³/mol. The van der Waals surface area contributed by atoms with Gasteiger partial charge in [-0.15, -0.1) is 0 Å². The first-order chi connectivity index (χ1) is 13.4. The molecule has 3 rings (SSSR count). The molecule has 1 aliphatic rings. The summed E-state index contributed by atoms with van der Waals surface area (Å²) in [6.07, 6.45) is 2.35. The molecular formula is C21H25ClN4O2.